The summed E-state index contributed by atoms with van der Waals surface area (Å²) < 4.78 is 5.14. The smallest absolute Gasteiger partial charge is 0.0479 e. The summed E-state index contributed by atoms with van der Waals surface area (Å²) in [5.74, 6) is 2.38. The Morgan fingerprint density at radius 2 is 1.93 bits per heavy atom. The molecule has 2 heteroatoms. The standard InChI is InChI=1S/C13H27NO/c1-10-5-6-12(9-11(10)2)13(3,14)7-8-15-4/h10-12H,5-9,14H2,1-4H3. The van der Waals surface area contributed by atoms with Gasteiger partial charge in [-0.2, -0.15) is 0 Å². The van der Waals surface area contributed by atoms with Crippen LogP contribution in [0.5, 0.6) is 0 Å². The summed E-state index contributed by atoms with van der Waals surface area (Å²) in [6.45, 7) is 7.71. The summed E-state index contributed by atoms with van der Waals surface area (Å²) in [6.07, 6.45) is 4.90. The van der Waals surface area contributed by atoms with Crippen molar-refractivity contribution in [2.45, 2.75) is 52.0 Å². The topological polar surface area (TPSA) is 35.2 Å². The lowest BCUT2D eigenvalue weighted by Crippen LogP contribution is -2.47. The highest BCUT2D eigenvalue weighted by Gasteiger charge is 2.35. The van der Waals surface area contributed by atoms with E-state index in [0.717, 1.165) is 24.9 Å². The second-order valence-electron chi connectivity index (χ2n) is 5.71. The first kappa shape index (κ1) is 13.0. The average molecular weight is 213 g/mol. The molecule has 0 amide bonds. The molecule has 4 atom stereocenters. The van der Waals surface area contributed by atoms with Gasteiger partial charge in [0.1, 0.15) is 0 Å². The zero-order valence-electron chi connectivity index (χ0n) is 10.8. The van der Waals surface area contributed by atoms with E-state index in [-0.39, 0.29) is 5.54 Å². The Kier molecular flexibility index (Phi) is 4.60. The van der Waals surface area contributed by atoms with Crippen molar-refractivity contribution in [1.29, 1.82) is 0 Å². The number of hydrogen-bond acceptors (Lipinski definition) is 2. The quantitative estimate of drug-likeness (QED) is 0.779. The van der Waals surface area contributed by atoms with E-state index in [2.05, 4.69) is 20.8 Å². The zero-order chi connectivity index (χ0) is 11.5. The lowest BCUT2D eigenvalue weighted by atomic mass is 9.68. The number of nitrogens with two attached hydrogens (primary N) is 1. The Bertz CT molecular complexity index is 191. The van der Waals surface area contributed by atoms with Crippen LogP contribution in [0.1, 0.15) is 46.5 Å². The summed E-state index contributed by atoms with van der Waals surface area (Å²) in [5.41, 5.74) is 6.37. The highest BCUT2D eigenvalue weighted by Crippen LogP contribution is 2.38. The van der Waals surface area contributed by atoms with E-state index in [1.165, 1.54) is 19.3 Å². The molecule has 15 heavy (non-hydrogen) atoms. The van der Waals surface area contributed by atoms with Gasteiger partial charge in [-0.25, -0.2) is 0 Å². The molecule has 1 aliphatic carbocycles. The van der Waals surface area contributed by atoms with Gasteiger partial charge < -0.3 is 10.5 Å². The van der Waals surface area contributed by atoms with Gasteiger partial charge in [0.15, 0.2) is 0 Å². The van der Waals surface area contributed by atoms with Crippen molar-refractivity contribution in [3.8, 4) is 0 Å². The predicted octanol–water partition coefficient (Wildman–Crippen LogP) is 2.81. The van der Waals surface area contributed by atoms with E-state index < -0.39 is 0 Å². The van der Waals surface area contributed by atoms with E-state index in [1.54, 1.807) is 7.11 Å². The number of rotatable bonds is 4. The maximum absolute atomic E-state index is 6.41. The van der Waals surface area contributed by atoms with Crippen molar-refractivity contribution in [2.75, 3.05) is 13.7 Å². The van der Waals surface area contributed by atoms with Gasteiger partial charge in [-0.3, -0.25) is 0 Å². The van der Waals surface area contributed by atoms with Crippen molar-refractivity contribution in [1.82, 2.24) is 0 Å². The molecule has 2 nitrogen and oxygen atoms in total. The van der Waals surface area contributed by atoms with Gasteiger partial charge in [-0.05, 0) is 43.9 Å². The molecule has 0 spiro atoms. The first-order valence-corrected chi connectivity index (χ1v) is 6.25. The zero-order valence-corrected chi connectivity index (χ0v) is 10.8. The molecule has 0 radical (unpaired) electrons. The molecule has 2 N–H and O–H groups in total. The molecule has 0 aromatic rings. The number of ether oxygens (including phenoxy) is 1. The van der Waals surface area contributed by atoms with Crippen LogP contribution < -0.4 is 5.73 Å². The van der Waals surface area contributed by atoms with Gasteiger partial charge in [0, 0.05) is 19.3 Å². The Hall–Kier alpha value is -0.0800. The molecule has 1 saturated carbocycles. The molecule has 0 saturated heterocycles. The van der Waals surface area contributed by atoms with Crippen LogP contribution in [0.15, 0.2) is 0 Å². The van der Waals surface area contributed by atoms with Crippen LogP contribution in [0.3, 0.4) is 0 Å². The van der Waals surface area contributed by atoms with Crippen molar-refractivity contribution in [3.63, 3.8) is 0 Å². The summed E-state index contributed by atoms with van der Waals surface area (Å²) in [5, 5.41) is 0. The van der Waals surface area contributed by atoms with Crippen LogP contribution in [-0.4, -0.2) is 19.3 Å². The summed E-state index contributed by atoms with van der Waals surface area (Å²) in [4.78, 5) is 0. The van der Waals surface area contributed by atoms with Crippen molar-refractivity contribution in [2.24, 2.45) is 23.5 Å². The van der Waals surface area contributed by atoms with Crippen LogP contribution in [0, 0.1) is 17.8 Å². The third kappa shape index (κ3) is 3.46. The summed E-state index contributed by atoms with van der Waals surface area (Å²) in [7, 11) is 1.75. The second kappa shape index (κ2) is 5.31. The number of hydrogen-bond donors (Lipinski definition) is 1. The Labute approximate surface area is 94.6 Å². The van der Waals surface area contributed by atoms with Gasteiger partial charge in [0.25, 0.3) is 0 Å². The highest BCUT2D eigenvalue weighted by molar-refractivity contribution is 4.91. The van der Waals surface area contributed by atoms with E-state index in [9.17, 15) is 0 Å². The molecular weight excluding hydrogens is 186 g/mol. The van der Waals surface area contributed by atoms with Crippen LogP contribution in [0.25, 0.3) is 0 Å². The van der Waals surface area contributed by atoms with Gasteiger partial charge in [-0.15, -0.1) is 0 Å². The molecule has 4 unspecified atom stereocenters. The largest absolute Gasteiger partial charge is 0.385 e. The van der Waals surface area contributed by atoms with E-state index >= 15 is 0 Å². The van der Waals surface area contributed by atoms with Crippen molar-refractivity contribution in [3.05, 3.63) is 0 Å². The highest BCUT2D eigenvalue weighted by atomic mass is 16.5. The van der Waals surface area contributed by atoms with Gasteiger partial charge in [0.2, 0.25) is 0 Å². The molecule has 0 aliphatic heterocycles. The fraction of sp³-hybridized carbons (Fsp3) is 1.00. The lowest BCUT2D eigenvalue weighted by Gasteiger charge is -2.41. The van der Waals surface area contributed by atoms with Crippen LogP contribution in [0.2, 0.25) is 0 Å². The minimum absolute atomic E-state index is 0.0373. The van der Waals surface area contributed by atoms with E-state index in [0.29, 0.717) is 5.92 Å². The van der Waals surface area contributed by atoms with Crippen LogP contribution in [0.4, 0.5) is 0 Å². The summed E-state index contributed by atoms with van der Waals surface area (Å²) in [6, 6.07) is 0. The molecule has 1 aliphatic rings. The van der Waals surface area contributed by atoms with Crippen molar-refractivity contribution >= 4 is 0 Å². The molecule has 0 aromatic heterocycles. The SMILES string of the molecule is COCCC(C)(N)C1CCC(C)C(C)C1. The lowest BCUT2D eigenvalue weighted by molar-refractivity contribution is 0.105. The maximum atomic E-state index is 6.41. The van der Waals surface area contributed by atoms with Gasteiger partial charge in [0.05, 0.1) is 0 Å². The minimum atomic E-state index is -0.0373. The Balaban J connectivity index is 2.48. The van der Waals surface area contributed by atoms with Crippen LogP contribution >= 0.6 is 0 Å². The van der Waals surface area contributed by atoms with Crippen LogP contribution in [-0.2, 0) is 4.74 Å². The summed E-state index contributed by atoms with van der Waals surface area (Å²) >= 11 is 0. The predicted molar refractivity (Wildman–Crippen MR) is 64.8 cm³/mol. The third-order valence-electron chi connectivity index (χ3n) is 4.38. The van der Waals surface area contributed by atoms with E-state index in [4.69, 9.17) is 10.5 Å². The molecule has 0 bridgehead atoms. The molecular formula is C13H27NO. The maximum Gasteiger partial charge on any atom is 0.0479 e. The Morgan fingerprint density at radius 3 is 2.47 bits per heavy atom. The molecule has 90 valence electrons. The van der Waals surface area contributed by atoms with Crippen molar-refractivity contribution < 1.29 is 4.74 Å². The average Bonchev–Trinajstić information content (AvgIpc) is 2.19. The molecule has 0 aromatic carbocycles. The minimum Gasteiger partial charge on any atom is -0.385 e. The Morgan fingerprint density at radius 1 is 1.27 bits per heavy atom. The molecule has 1 fully saturated rings. The fourth-order valence-corrected chi connectivity index (χ4v) is 2.67. The third-order valence-corrected chi connectivity index (χ3v) is 4.38. The fourth-order valence-electron chi connectivity index (χ4n) is 2.67. The normalized spacial score (nSPS) is 36.2. The van der Waals surface area contributed by atoms with Gasteiger partial charge in [-0.1, -0.05) is 20.3 Å². The molecule has 0 heterocycles. The number of methoxy groups -OCH3 is 1. The van der Waals surface area contributed by atoms with E-state index in [1.807, 2.05) is 0 Å². The van der Waals surface area contributed by atoms with Gasteiger partial charge >= 0.3 is 0 Å². The first-order valence-electron chi connectivity index (χ1n) is 6.25. The second-order valence-corrected chi connectivity index (χ2v) is 5.71. The molecule has 1 rings (SSSR count). The first-order chi connectivity index (χ1) is 6.97. The monoisotopic (exact) mass is 213 g/mol.